The molecular weight excluding hydrogens is 336 g/mol. The van der Waals surface area contributed by atoms with Crippen LogP contribution in [0.25, 0.3) is 0 Å². The van der Waals surface area contributed by atoms with Gasteiger partial charge in [-0.15, -0.1) is 0 Å². The number of rotatable bonds is 7. The Balaban J connectivity index is 1.33. The van der Waals surface area contributed by atoms with Gasteiger partial charge in [0, 0.05) is 42.9 Å². The molecule has 2 amide bonds. The van der Waals surface area contributed by atoms with E-state index >= 15 is 0 Å². The Kier molecular flexibility index (Phi) is 6.35. The van der Waals surface area contributed by atoms with E-state index in [1.165, 1.54) is 18.4 Å². The molecule has 1 aliphatic carbocycles. The van der Waals surface area contributed by atoms with Crippen LogP contribution in [0.5, 0.6) is 0 Å². The van der Waals surface area contributed by atoms with Crippen molar-refractivity contribution in [3.8, 4) is 0 Å². The predicted molar refractivity (Wildman–Crippen MR) is 99.5 cm³/mol. The van der Waals surface area contributed by atoms with Crippen molar-refractivity contribution in [2.75, 3.05) is 13.1 Å². The van der Waals surface area contributed by atoms with E-state index in [1.807, 2.05) is 24.3 Å². The molecule has 3 rings (SSSR count). The van der Waals surface area contributed by atoms with Gasteiger partial charge in [0.1, 0.15) is 0 Å². The average Bonchev–Trinajstić information content (AvgIpc) is 3.24. The second kappa shape index (κ2) is 8.70. The first kappa shape index (κ1) is 18.2. The molecule has 1 aromatic carbocycles. The van der Waals surface area contributed by atoms with E-state index in [-0.39, 0.29) is 17.7 Å². The van der Waals surface area contributed by atoms with Crippen LogP contribution >= 0.6 is 11.6 Å². The van der Waals surface area contributed by atoms with Gasteiger partial charge in [0.15, 0.2) is 0 Å². The molecule has 136 valence electrons. The fourth-order valence-electron chi connectivity index (χ4n) is 3.96. The highest BCUT2D eigenvalue weighted by Gasteiger charge is 2.35. The van der Waals surface area contributed by atoms with E-state index in [2.05, 4.69) is 10.2 Å². The number of carbonyl (C=O) groups is 2. The average molecular weight is 363 g/mol. The smallest absolute Gasteiger partial charge is 0.223 e. The quantitative estimate of drug-likeness (QED) is 0.806. The third kappa shape index (κ3) is 5.21. The number of hydrogen-bond donors (Lipinski definition) is 1. The monoisotopic (exact) mass is 362 g/mol. The molecule has 0 unspecified atom stereocenters. The van der Waals surface area contributed by atoms with Crippen LogP contribution in [0.15, 0.2) is 24.3 Å². The normalized spacial score (nSPS) is 21.1. The fourth-order valence-corrected chi connectivity index (χ4v) is 4.09. The molecule has 5 heteroatoms. The molecule has 0 radical (unpaired) electrons. The van der Waals surface area contributed by atoms with Crippen molar-refractivity contribution in [1.82, 2.24) is 10.2 Å². The summed E-state index contributed by atoms with van der Waals surface area (Å²) in [4.78, 5) is 26.3. The van der Waals surface area contributed by atoms with E-state index in [0.717, 1.165) is 37.3 Å². The van der Waals surface area contributed by atoms with Gasteiger partial charge in [-0.2, -0.15) is 0 Å². The predicted octanol–water partition coefficient (Wildman–Crippen LogP) is 3.57. The number of likely N-dealkylation sites (tertiary alicyclic amines) is 1. The summed E-state index contributed by atoms with van der Waals surface area (Å²) < 4.78 is 0. The number of nitrogens with one attached hydrogen (secondary N) is 1. The van der Waals surface area contributed by atoms with E-state index < -0.39 is 0 Å². The van der Waals surface area contributed by atoms with E-state index in [4.69, 9.17) is 11.6 Å². The SMILES string of the molecule is O=C(CCCc1ccc(Cl)cc1)NC[C@H]1CC(=O)N(C2CCCC2)C1. The number of carbonyl (C=O) groups excluding carboxylic acids is 2. The largest absolute Gasteiger partial charge is 0.356 e. The maximum Gasteiger partial charge on any atom is 0.223 e. The summed E-state index contributed by atoms with van der Waals surface area (Å²) in [5.74, 6) is 0.628. The molecule has 4 nitrogen and oxygen atoms in total. The van der Waals surface area contributed by atoms with Crippen LogP contribution in [-0.4, -0.2) is 35.8 Å². The van der Waals surface area contributed by atoms with Crippen LogP contribution in [0, 0.1) is 5.92 Å². The number of nitrogens with zero attached hydrogens (tertiary/aromatic N) is 1. The Hall–Kier alpha value is -1.55. The van der Waals surface area contributed by atoms with E-state index in [0.29, 0.717) is 25.4 Å². The van der Waals surface area contributed by atoms with E-state index in [9.17, 15) is 9.59 Å². The molecule has 1 atom stereocenters. The van der Waals surface area contributed by atoms with Crippen molar-refractivity contribution in [1.29, 1.82) is 0 Å². The molecule has 1 N–H and O–H groups in total. The van der Waals surface area contributed by atoms with Gasteiger partial charge in [-0.1, -0.05) is 36.6 Å². The second-order valence-electron chi connectivity index (χ2n) is 7.34. The van der Waals surface area contributed by atoms with Gasteiger partial charge >= 0.3 is 0 Å². The van der Waals surface area contributed by atoms with Crippen molar-refractivity contribution in [2.45, 2.75) is 57.4 Å². The van der Waals surface area contributed by atoms with Crippen LogP contribution in [0.2, 0.25) is 5.02 Å². The van der Waals surface area contributed by atoms with Crippen molar-refractivity contribution in [2.24, 2.45) is 5.92 Å². The lowest BCUT2D eigenvalue weighted by molar-refractivity contribution is -0.129. The number of benzene rings is 1. The highest BCUT2D eigenvalue weighted by molar-refractivity contribution is 6.30. The third-order valence-electron chi connectivity index (χ3n) is 5.37. The summed E-state index contributed by atoms with van der Waals surface area (Å²) >= 11 is 5.87. The van der Waals surface area contributed by atoms with Crippen LogP contribution in [-0.2, 0) is 16.0 Å². The van der Waals surface area contributed by atoms with Gasteiger partial charge in [-0.05, 0) is 43.4 Å². The van der Waals surface area contributed by atoms with Gasteiger partial charge in [0.25, 0.3) is 0 Å². The molecule has 1 aromatic rings. The Labute approximate surface area is 154 Å². The minimum atomic E-state index is 0.0840. The summed E-state index contributed by atoms with van der Waals surface area (Å²) in [6.07, 6.45) is 7.59. The molecule has 0 spiro atoms. The van der Waals surface area contributed by atoms with Crippen molar-refractivity contribution in [3.63, 3.8) is 0 Å². The Morgan fingerprint density at radius 1 is 1.20 bits per heavy atom. The molecule has 0 aromatic heterocycles. The zero-order chi connectivity index (χ0) is 17.6. The molecule has 1 saturated heterocycles. The maximum absolute atomic E-state index is 12.2. The third-order valence-corrected chi connectivity index (χ3v) is 5.63. The van der Waals surface area contributed by atoms with Crippen LogP contribution < -0.4 is 5.32 Å². The minimum Gasteiger partial charge on any atom is -0.356 e. The van der Waals surface area contributed by atoms with Crippen molar-refractivity contribution < 1.29 is 9.59 Å². The number of halogens is 1. The van der Waals surface area contributed by atoms with Crippen LogP contribution in [0.1, 0.15) is 50.5 Å². The standard InChI is InChI=1S/C20H27ClN2O2/c21-17-10-8-15(9-11-17)4-3-7-19(24)22-13-16-12-20(25)23(14-16)18-5-1-2-6-18/h8-11,16,18H,1-7,12-14H2,(H,22,24)/t16-/m1/s1. The molecule has 1 heterocycles. The second-order valence-corrected chi connectivity index (χ2v) is 7.78. The molecule has 1 aliphatic heterocycles. The zero-order valence-electron chi connectivity index (χ0n) is 14.7. The Morgan fingerprint density at radius 2 is 1.92 bits per heavy atom. The highest BCUT2D eigenvalue weighted by Crippen LogP contribution is 2.29. The lowest BCUT2D eigenvalue weighted by Crippen LogP contribution is -2.36. The topological polar surface area (TPSA) is 49.4 Å². The number of amides is 2. The Bertz CT molecular complexity index is 596. The molecule has 2 aliphatic rings. The number of aryl methyl sites for hydroxylation is 1. The first-order valence-electron chi connectivity index (χ1n) is 9.42. The first-order valence-corrected chi connectivity index (χ1v) is 9.80. The lowest BCUT2D eigenvalue weighted by atomic mass is 10.1. The highest BCUT2D eigenvalue weighted by atomic mass is 35.5. The van der Waals surface area contributed by atoms with Gasteiger partial charge in [0.05, 0.1) is 0 Å². The molecule has 0 bridgehead atoms. The zero-order valence-corrected chi connectivity index (χ0v) is 15.4. The van der Waals surface area contributed by atoms with Crippen LogP contribution in [0.4, 0.5) is 0 Å². The maximum atomic E-state index is 12.2. The number of hydrogen-bond acceptors (Lipinski definition) is 2. The van der Waals surface area contributed by atoms with Gasteiger partial charge < -0.3 is 10.2 Å². The fraction of sp³-hybridized carbons (Fsp3) is 0.600. The van der Waals surface area contributed by atoms with Gasteiger partial charge in [-0.3, -0.25) is 9.59 Å². The molecule has 1 saturated carbocycles. The summed E-state index contributed by atoms with van der Waals surface area (Å²) in [6.45, 7) is 1.43. The van der Waals surface area contributed by atoms with Crippen molar-refractivity contribution >= 4 is 23.4 Å². The summed E-state index contributed by atoms with van der Waals surface area (Å²) in [6, 6.07) is 8.21. The van der Waals surface area contributed by atoms with Crippen molar-refractivity contribution in [3.05, 3.63) is 34.9 Å². The first-order chi connectivity index (χ1) is 12.1. The molecule has 25 heavy (non-hydrogen) atoms. The molecular formula is C20H27ClN2O2. The summed E-state index contributed by atoms with van der Waals surface area (Å²) in [5.41, 5.74) is 1.20. The summed E-state index contributed by atoms with van der Waals surface area (Å²) in [5, 5.41) is 3.75. The van der Waals surface area contributed by atoms with E-state index in [1.54, 1.807) is 0 Å². The Morgan fingerprint density at radius 3 is 2.64 bits per heavy atom. The van der Waals surface area contributed by atoms with Crippen LogP contribution in [0.3, 0.4) is 0 Å². The molecule has 2 fully saturated rings. The lowest BCUT2D eigenvalue weighted by Gasteiger charge is -2.24. The van der Waals surface area contributed by atoms with Gasteiger partial charge in [0.2, 0.25) is 11.8 Å². The van der Waals surface area contributed by atoms with Gasteiger partial charge in [-0.25, -0.2) is 0 Å². The minimum absolute atomic E-state index is 0.0840. The summed E-state index contributed by atoms with van der Waals surface area (Å²) in [7, 11) is 0.